The number of hydrogen-bond donors (Lipinski definition) is 1. The summed E-state index contributed by atoms with van der Waals surface area (Å²) in [5.74, 6) is 0. The van der Waals surface area contributed by atoms with Gasteiger partial charge >= 0.3 is 0 Å². The van der Waals surface area contributed by atoms with Gasteiger partial charge in [-0.15, -0.1) is 0 Å². The summed E-state index contributed by atoms with van der Waals surface area (Å²) >= 11 is 0. The molecule has 0 saturated carbocycles. The number of pyridine rings is 2. The minimum absolute atomic E-state index is 0.0576. The summed E-state index contributed by atoms with van der Waals surface area (Å²) in [4.78, 5) is 16.4. The van der Waals surface area contributed by atoms with Crippen molar-refractivity contribution >= 4 is 16.6 Å². The van der Waals surface area contributed by atoms with Crippen LogP contribution >= 0.6 is 0 Å². The van der Waals surface area contributed by atoms with Gasteiger partial charge in [0, 0.05) is 29.0 Å². The summed E-state index contributed by atoms with van der Waals surface area (Å²) in [6.45, 7) is 2.45. The van der Waals surface area contributed by atoms with E-state index in [4.69, 9.17) is 5.73 Å². The molecular weight excluding hydrogens is 250 g/mol. The first-order valence-corrected chi connectivity index (χ1v) is 6.45. The van der Waals surface area contributed by atoms with Crippen LogP contribution in [0.4, 0.5) is 5.69 Å². The first-order chi connectivity index (χ1) is 9.63. The molecule has 2 N–H and O–H groups in total. The highest BCUT2D eigenvalue weighted by atomic mass is 16.1. The molecule has 4 nitrogen and oxygen atoms in total. The molecule has 0 unspecified atom stereocenters. The summed E-state index contributed by atoms with van der Waals surface area (Å²) in [7, 11) is 0. The summed E-state index contributed by atoms with van der Waals surface area (Å²) in [6, 6.07) is 13.1. The van der Waals surface area contributed by atoms with Crippen LogP contribution in [0.2, 0.25) is 0 Å². The second kappa shape index (κ2) is 4.81. The Kier molecular flexibility index (Phi) is 2.99. The third kappa shape index (κ3) is 2.28. The maximum Gasteiger partial charge on any atom is 0.250 e. The van der Waals surface area contributed by atoms with Crippen molar-refractivity contribution < 1.29 is 0 Å². The van der Waals surface area contributed by atoms with Gasteiger partial charge in [0.1, 0.15) is 0 Å². The lowest BCUT2D eigenvalue weighted by Crippen LogP contribution is -2.19. The SMILES string of the molecule is Cc1cc(Cn2cc(N)ccc2=O)c2ccccc2n1. The molecule has 0 radical (unpaired) electrons. The molecule has 0 saturated heterocycles. The van der Waals surface area contributed by atoms with E-state index in [-0.39, 0.29) is 5.56 Å². The first-order valence-electron chi connectivity index (χ1n) is 6.45. The van der Waals surface area contributed by atoms with Gasteiger partial charge in [-0.2, -0.15) is 0 Å². The van der Waals surface area contributed by atoms with Crippen LogP contribution in [0.15, 0.2) is 53.5 Å². The summed E-state index contributed by atoms with van der Waals surface area (Å²) in [5.41, 5.74) is 9.23. The smallest absolute Gasteiger partial charge is 0.250 e. The Hall–Kier alpha value is -2.62. The number of nitrogen functional groups attached to an aromatic ring is 1. The van der Waals surface area contributed by atoms with Gasteiger partial charge < -0.3 is 10.3 Å². The highest BCUT2D eigenvalue weighted by Crippen LogP contribution is 2.19. The molecule has 20 heavy (non-hydrogen) atoms. The van der Waals surface area contributed by atoms with Crippen LogP contribution in [0.5, 0.6) is 0 Å². The standard InChI is InChI=1S/C16H15N3O/c1-11-8-12(14-4-2-3-5-15(14)18-11)9-19-10-13(17)6-7-16(19)20/h2-8,10H,9,17H2,1H3. The molecule has 0 aliphatic carbocycles. The molecule has 0 amide bonds. The normalized spacial score (nSPS) is 10.8. The Morgan fingerprint density at radius 3 is 2.85 bits per heavy atom. The predicted molar refractivity (Wildman–Crippen MR) is 80.7 cm³/mol. The Bertz CT molecular complexity index is 836. The number of hydrogen-bond acceptors (Lipinski definition) is 3. The molecule has 0 aliphatic heterocycles. The predicted octanol–water partition coefficient (Wildman–Crippen LogP) is 2.34. The summed E-state index contributed by atoms with van der Waals surface area (Å²) in [5, 5.41) is 1.06. The van der Waals surface area contributed by atoms with Gasteiger partial charge in [0.25, 0.3) is 5.56 Å². The van der Waals surface area contributed by atoms with Gasteiger partial charge in [-0.05, 0) is 30.7 Å². The van der Waals surface area contributed by atoms with Crippen LogP contribution in [0.25, 0.3) is 10.9 Å². The quantitative estimate of drug-likeness (QED) is 0.773. The highest BCUT2D eigenvalue weighted by Gasteiger charge is 2.05. The lowest BCUT2D eigenvalue weighted by molar-refractivity contribution is 0.764. The summed E-state index contributed by atoms with van der Waals surface area (Å²) < 4.78 is 1.62. The van der Waals surface area contributed by atoms with Gasteiger partial charge in [-0.1, -0.05) is 18.2 Å². The topological polar surface area (TPSA) is 60.9 Å². The zero-order valence-corrected chi connectivity index (χ0v) is 11.2. The van der Waals surface area contributed by atoms with E-state index in [0.717, 1.165) is 22.2 Å². The molecule has 2 heterocycles. The summed E-state index contributed by atoms with van der Waals surface area (Å²) in [6.07, 6.45) is 1.67. The number of para-hydroxylation sites is 1. The molecule has 3 aromatic rings. The van der Waals surface area contributed by atoms with E-state index < -0.39 is 0 Å². The molecule has 4 heteroatoms. The van der Waals surface area contributed by atoms with E-state index >= 15 is 0 Å². The van der Waals surface area contributed by atoms with Crippen LogP contribution in [-0.4, -0.2) is 9.55 Å². The molecule has 0 atom stereocenters. The molecule has 1 aromatic carbocycles. The third-order valence-electron chi connectivity index (χ3n) is 3.28. The van der Waals surface area contributed by atoms with Gasteiger partial charge in [0.2, 0.25) is 0 Å². The fourth-order valence-electron chi connectivity index (χ4n) is 2.38. The van der Waals surface area contributed by atoms with Crippen molar-refractivity contribution in [2.75, 3.05) is 5.73 Å². The second-order valence-corrected chi connectivity index (χ2v) is 4.87. The van der Waals surface area contributed by atoms with Crippen LogP contribution < -0.4 is 11.3 Å². The minimum atomic E-state index is -0.0576. The van der Waals surface area contributed by atoms with Crippen molar-refractivity contribution in [3.63, 3.8) is 0 Å². The van der Waals surface area contributed by atoms with Crippen molar-refractivity contribution in [1.29, 1.82) is 0 Å². The fraction of sp³-hybridized carbons (Fsp3) is 0.125. The van der Waals surface area contributed by atoms with Crippen molar-refractivity contribution in [2.45, 2.75) is 13.5 Å². The van der Waals surface area contributed by atoms with E-state index in [1.807, 2.05) is 37.3 Å². The number of rotatable bonds is 2. The van der Waals surface area contributed by atoms with Gasteiger partial charge in [0.05, 0.1) is 12.1 Å². The van der Waals surface area contributed by atoms with E-state index in [2.05, 4.69) is 4.98 Å². The molecule has 100 valence electrons. The van der Waals surface area contributed by atoms with E-state index in [1.165, 1.54) is 6.07 Å². The number of benzene rings is 1. The monoisotopic (exact) mass is 265 g/mol. The average molecular weight is 265 g/mol. The lowest BCUT2D eigenvalue weighted by Gasteiger charge is -2.10. The Labute approximate surface area is 116 Å². The van der Waals surface area contributed by atoms with E-state index in [1.54, 1.807) is 16.8 Å². The Morgan fingerprint density at radius 2 is 2.00 bits per heavy atom. The maximum atomic E-state index is 11.9. The van der Waals surface area contributed by atoms with E-state index in [9.17, 15) is 4.79 Å². The van der Waals surface area contributed by atoms with Crippen molar-refractivity contribution in [2.24, 2.45) is 0 Å². The van der Waals surface area contributed by atoms with Gasteiger partial charge in [-0.25, -0.2) is 0 Å². The molecule has 0 fully saturated rings. The molecule has 0 bridgehead atoms. The van der Waals surface area contributed by atoms with Crippen LogP contribution in [0, 0.1) is 6.92 Å². The largest absolute Gasteiger partial charge is 0.398 e. The first kappa shape index (κ1) is 12.4. The van der Waals surface area contributed by atoms with Crippen molar-refractivity contribution in [3.05, 3.63) is 70.3 Å². The minimum Gasteiger partial charge on any atom is -0.398 e. The number of nitrogens with zero attached hydrogens (tertiary/aromatic N) is 2. The van der Waals surface area contributed by atoms with Crippen LogP contribution in [-0.2, 0) is 6.54 Å². The zero-order chi connectivity index (χ0) is 14.1. The number of fused-ring (bicyclic) bond motifs is 1. The molecular formula is C16H15N3O. The molecule has 3 rings (SSSR count). The second-order valence-electron chi connectivity index (χ2n) is 4.87. The maximum absolute atomic E-state index is 11.9. The lowest BCUT2D eigenvalue weighted by atomic mass is 10.1. The fourth-order valence-corrected chi connectivity index (χ4v) is 2.38. The third-order valence-corrected chi connectivity index (χ3v) is 3.28. The average Bonchev–Trinajstić information content (AvgIpc) is 2.43. The zero-order valence-electron chi connectivity index (χ0n) is 11.2. The van der Waals surface area contributed by atoms with Gasteiger partial charge in [0.15, 0.2) is 0 Å². The molecule has 2 aromatic heterocycles. The van der Waals surface area contributed by atoms with E-state index in [0.29, 0.717) is 12.2 Å². The van der Waals surface area contributed by atoms with Crippen LogP contribution in [0.1, 0.15) is 11.3 Å². The molecule has 0 spiro atoms. The van der Waals surface area contributed by atoms with Crippen molar-refractivity contribution in [1.82, 2.24) is 9.55 Å². The Morgan fingerprint density at radius 1 is 1.20 bits per heavy atom. The van der Waals surface area contributed by atoms with Gasteiger partial charge in [-0.3, -0.25) is 9.78 Å². The number of nitrogens with two attached hydrogens (primary N) is 1. The van der Waals surface area contributed by atoms with Crippen molar-refractivity contribution in [3.8, 4) is 0 Å². The number of aromatic nitrogens is 2. The number of anilines is 1. The number of aryl methyl sites for hydroxylation is 1. The Balaban J connectivity index is 2.15. The highest BCUT2D eigenvalue weighted by molar-refractivity contribution is 5.82. The van der Waals surface area contributed by atoms with Crippen LogP contribution in [0.3, 0.4) is 0 Å². The molecule has 0 aliphatic rings.